The number of thiazole rings is 1. The number of aliphatic imine (C=N–C) groups is 1. The number of anilines is 1. The quantitative estimate of drug-likeness (QED) is 0.101. The van der Waals surface area contributed by atoms with Gasteiger partial charge in [0.15, 0.2) is 0 Å². The number of pyridine rings is 1. The van der Waals surface area contributed by atoms with Crippen LogP contribution in [-0.4, -0.2) is 46.6 Å². The normalized spacial score (nSPS) is 10.5. The molecular weight excluding hydrogens is 547 g/mol. The van der Waals surface area contributed by atoms with Crippen LogP contribution in [0.1, 0.15) is 50.9 Å². The van der Waals surface area contributed by atoms with Crippen LogP contribution >= 0.6 is 34.4 Å². The Hall–Kier alpha value is -3.05. The first-order valence-electron chi connectivity index (χ1n) is 12.9. The molecule has 0 unspecified atom stereocenters. The molecule has 39 heavy (non-hydrogen) atoms. The van der Waals surface area contributed by atoms with Gasteiger partial charge in [0, 0.05) is 35.3 Å². The first-order chi connectivity index (χ1) is 19.0. The number of amides is 1. The molecular formula is C29H37N5O2S3. The van der Waals surface area contributed by atoms with E-state index in [9.17, 15) is 4.79 Å². The third-order valence-electron chi connectivity index (χ3n) is 5.13. The molecule has 0 aliphatic heterocycles. The lowest BCUT2D eigenvalue weighted by molar-refractivity contribution is 0.0945. The molecule has 3 heterocycles. The van der Waals surface area contributed by atoms with Gasteiger partial charge in [-0.15, -0.1) is 34.4 Å². The highest BCUT2D eigenvalue weighted by molar-refractivity contribution is 8.01. The highest BCUT2D eigenvalue weighted by Crippen LogP contribution is 2.45. The van der Waals surface area contributed by atoms with Crippen LogP contribution in [0.3, 0.4) is 0 Å². The van der Waals surface area contributed by atoms with Gasteiger partial charge in [0.2, 0.25) is 0 Å². The van der Waals surface area contributed by atoms with Crippen LogP contribution in [0.4, 0.5) is 5.69 Å². The summed E-state index contributed by atoms with van der Waals surface area (Å²) in [6.45, 7) is 11.4. The second kappa shape index (κ2) is 17.5. The number of unbranched alkanes of at least 4 members (excludes halogenated alkanes) is 1. The van der Waals surface area contributed by atoms with E-state index in [0.29, 0.717) is 5.56 Å². The number of benzene rings is 1. The van der Waals surface area contributed by atoms with E-state index in [-0.39, 0.29) is 19.1 Å². The summed E-state index contributed by atoms with van der Waals surface area (Å²) in [5.41, 5.74) is 10.5. The third-order valence-corrected chi connectivity index (χ3v) is 8.40. The molecule has 1 amide bonds. The molecule has 0 aliphatic rings. The number of thiophene rings is 1. The van der Waals surface area contributed by atoms with Crippen molar-refractivity contribution in [3.8, 4) is 21.8 Å². The van der Waals surface area contributed by atoms with Gasteiger partial charge < -0.3 is 16.2 Å². The zero-order valence-corrected chi connectivity index (χ0v) is 25.4. The second-order valence-electron chi connectivity index (χ2n) is 7.80. The molecule has 0 radical (unpaired) electrons. The van der Waals surface area contributed by atoms with Gasteiger partial charge in [0.1, 0.15) is 15.5 Å². The van der Waals surface area contributed by atoms with E-state index >= 15 is 0 Å². The first kappa shape index (κ1) is 32.2. The van der Waals surface area contributed by atoms with Crippen molar-refractivity contribution in [2.24, 2.45) is 4.99 Å². The Kier molecular flexibility index (Phi) is 14.4. The minimum absolute atomic E-state index is 0.0997. The SMILES string of the molecule is C=N/C=C\C.CC.CCCCSc1sc2nc(-c3nccs3)cc(-c3cccc(C(=O)NCCO)c3)c2c1N. The Bertz CT molecular complexity index is 1350. The standard InChI is InChI=1S/C23H24N4O2S3.C4H7N.C2H6/c1-2-3-10-31-23-19(24)18-16(13-17(27-22(18)32-23)21-26-8-11-30-21)14-5-4-6-15(12-14)20(29)25-7-9-28;1-3-4-5-2;1-2/h4-6,8,11-13,28H,2-3,7,9-10,24H2,1H3,(H,25,29);3-4H,2H2,1H3;1-2H3/b;4-3-;. The van der Waals surface area contributed by atoms with Gasteiger partial charge in [0.05, 0.1) is 16.5 Å². The maximum Gasteiger partial charge on any atom is 0.251 e. The van der Waals surface area contributed by atoms with Gasteiger partial charge in [-0.25, -0.2) is 9.97 Å². The van der Waals surface area contributed by atoms with Crippen molar-refractivity contribution >= 4 is 63.0 Å². The predicted octanol–water partition coefficient (Wildman–Crippen LogP) is 7.53. The molecule has 208 valence electrons. The monoisotopic (exact) mass is 583 g/mol. The van der Waals surface area contributed by atoms with E-state index in [1.807, 2.05) is 56.5 Å². The van der Waals surface area contributed by atoms with Crippen LogP contribution in [0.15, 0.2) is 63.4 Å². The van der Waals surface area contributed by atoms with E-state index in [2.05, 4.69) is 28.9 Å². The molecule has 4 N–H and O–H groups in total. The molecule has 4 rings (SSSR count). The molecule has 7 nitrogen and oxygen atoms in total. The molecule has 0 bridgehead atoms. The van der Waals surface area contributed by atoms with Crippen molar-refractivity contribution in [2.45, 2.75) is 44.7 Å². The molecule has 0 saturated carbocycles. The van der Waals surface area contributed by atoms with E-state index in [1.54, 1.807) is 52.9 Å². The van der Waals surface area contributed by atoms with Crippen molar-refractivity contribution < 1.29 is 9.90 Å². The summed E-state index contributed by atoms with van der Waals surface area (Å²) in [7, 11) is 0. The Balaban J connectivity index is 0.000000686. The average Bonchev–Trinajstić information content (AvgIpc) is 3.62. The zero-order valence-electron chi connectivity index (χ0n) is 22.9. The molecule has 1 aromatic carbocycles. The summed E-state index contributed by atoms with van der Waals surface area (Å²) < 4.78 is 1.08. The predicted molar refractivity (Wildman–Crippen MR) is 171 cm³/mol. The summed E-state index contributed by atoms with van der Waals surface area (Å²) in [5, 5.41) is 15.4. The van der Waals surface area contributed by atoms with Crippen LogP contribution in [-0.2, 0) is 0 Å². The molecule has 3 aromatic heterocycles. The Morgan fingerprint density at radius 3 is 2.72 bits per heavy atom. The number of nitrogen functional groups attached to an aromatic ring is 1. The number of aliphatic hydroxyl groups is 1. The minimum Gasteiger partial charge on any atom is -0.397 e. The maximum absolute atomic E-state index is 12.5. The Labute approximate surface area is 243 Å². The van der Waals surface area contributed by atoms with Crippen LogP contribution in [0, 0.1) is 0 Å². The van der Waals surface area contributed by atoms with E-state index in [1.165, 1.54) is 0 Å². The van der Waals surface area contributed by atoms with E-state index in [4.69, 9.17) is 15.8 Å². The molecule has 0 fully saturated rings. The van der Waals surface area contributed by atoms with Gasteiger partial charge in [-0.3, -0.25) is 9.79 Å². The Morgan fingerprint density at radius 1 is 1.31 bits per heavy atom. The third kappa shape index (κ3) is 8.99. The zero-order chi connectivity index (χ0) is 28.6. The smallest absolute Gasteiger partial charge is 0.251 e. The topological polar surface area (TPSA) is 113 Å². The molecule has 0 spiro atoms. The number of carbonyl (C=O) groups is 1. The number of nitrogens with one attached hydrogen (secondary N) is 1. The van der Waals surface area contributed by atoms with E-state index < -0.39 is 0 Å². The van der Waals surface area contributed by atoms with Crippen molar-refractivity contribution in [1.82, 2.24) is 15.3 Å². The fourth-order valence-corrected chi connectivity index (χ4v) is 6.46. The average molecular weight is 584 g/mol. The number of fused-ring (bicyclic) bond motifs is 1. The van der Waals surface area contributed by atoms with Crippen LogP contribution in [0.25, 0.3) is 32.0 Å². The maximum atomic E-state index is 12.5. The van der Waals surface area contributed by atoms with Gasteiger partial charge in [-0.2, -0.15) is 0 Å². The highest BCUT2D eigenvalue weighted by atomic mass is 32.2. The summed E-state index contributed by atoms with van der Waals surface area (Å²) in [4.78, 5) is 26.1. The minimum atomic E-state index is -0.222. The van der Waals surface area contributed by atoms with Gasteiger partial charge in [-0.1, -0.05) is 45.4 Å². The van der Waals surface area contributed by atoms with Crippen molar-refractivity contribution in [3.63, 3.8) is 0 Å². The van der Waals surface area contributed by atoms with Crippen molar-refractivity contribution in [3.05, 3.63) is 59.7 Å². The number of carbonyl (C=O) groups excluding carboxylic acids is 1. The molecule has 0 aliphatic carbocycles. The number of rotatable bonds is 10. The number of aromatic nitrogens is 2. The fraction of sp³-hybridized carbons (Fsp3) is 0.310. The number of aliphatic hydroxyl groups excluding tert-OH is 1. The first-order valence-corrected chi connectivity index (χ1v) is 15.5. The van der Waals surface area contributed by atoms with E-state index in [0.717, 1.165) is 60.5 Å². The van der Waals surface area contributed by atoms with Gasteiger partial charge >= 0.3 is 0 Å². The number of thioether (sulfide) groups is 1. The second-order valence-corrected chi connectivity index (χ2v) is 11.1. The van der Waals surface area contributed by atoms with Gasteiger partial charge in [-0.05, 0) is 55.1 Å². The largest absolute Gasteiger partial charge is 0.397 e. The molecule has 0 saturated heterocycles. The number of allylic oxidation sites excluding steroid dienone is 1. The summed E-state index contributed by atoms with van der Waals surface area (Å²) >= 11 is 4.93. The number of nitrogens with zero attached hydrogens (tertiary/aromatic N) is 3. The molecule has 10 heteroatoms. The van der Waals surface area contributed by atoms with Gasteiger partial charge in [0.25, 0.3) is 5.91 Å². The van der Waals surface area contributed by atoms with Crippen molar-refractivity contribution in [1.29, 1.82) is 0 Å². The summed E-state index contributed by atoms with van der Waals surface area (Å²) in [6.07, 6.45) is 7.51. The molecule has 4 aromatic rings. The van der Waals surface area contributed by atoms with Crippen LogP contribution in [0.2, 0.25) is 0 Å². The Morgan fingerprint density at radius 2 is 2.10 bits per heavy atom. The number of hydrogen-bond donors (Lipinski definition) is 3. The highest BCUT2D eigenvalue weighted by Gasteiger charge is 2.19. The summed E-state index contributed by atoms with van der Waals surface area (Å²) in [5.74, 6) is 0.795. The van der Waals surface area contributed by atoms with Crippen LogP contribution < -0.4 is 11.1 Å². The number of hydrogen-bond acceptors (Lipinski definition) is 9. The molecule has 0 atom stereocenters. The van der Waals surface area contributed by atoms with Crippen molar-refractivity contribution in [2.75, 3.05) is 24.6 Å². The fourth-order valence-electron chi connectivity index (χ4n) is 3.41. The van der Waals surface area contributed by atoms with Crippen LogP contribution in [0.5, 0.6) is 0 Å². The summed E-state index contributed by atoms with van der Waals surface area (Å²) in [6, 6.07) is 9.46. The number of nitrogens with two attached hydrogens (primary N) is 1. The lowest BCUT2D eigenvalue weighted by atomic mass is 9.99. The lowest BCUT2D eigenvalue weighted by Gasteiger charge is -2.10. The lowest BCUT2D eigenvalue weighted by Crippen LogP contribution is -2.26.